The minimum Gasteiger partial charge on any atom is -0.465 e. The summed E-state index contributed by atoms with van der Waals surface area (Å²) < 4.78 is 3.37. The van der Waals surface area contributed by atoms with Gasteiger partial charge in [-0.3, -0.25) is 4.57 Å². The number of likely N-dealkylation sites (tertiary alicyclic amines) is 1. The SMILES string of the molecule is O=C(O)N1CCC[C@H](n2c(=O)[nH]c3ccc(-c4cnn5ccccc45)nc32)C1. The number of carbonyl (C=O) groups is 1. The number of aromatic nitrogens is 5. The Balaban J connectivity index is 1.63. The first-order chi connectivity index (χ1) is 13.6. The number of aromatic amines is 1. The van der Waals surface area contributed by atoms with Crippen LogP contribution in [-0.4, -0.2) is 53.3 Å². The zero-order valence-corrected chi connectivity index (χ0v) is 14.9. The highest BCUT2D eigenvalue weighted by atomic mass is 16.4. The molecule has 1 amide bonds. The summed E-state index contributed by atoms with van der Waals surface area (Å²) in [4.78, 5) is 32.9. The highest BCUT2D eigenvalue weighted by Gasteiger charge is 2.27. The third-order valence-corrected chi connectivity index (χ3v) is 5.30. The van der Waals surface area contributed by atoms with E-state index in [1.165, 1.54) is 4.90 Å². The van der Waals surface area contributed by atoms with Crippen LogP contribution in [-0.2, 0) is 0 Å². The largest absolute Gasteiger partial charge is 0.465 e. The minimum absolute atomic E-state index is 0.238. The van der Waals surface area contributed by atoms with Crippen LogP contribution in [0.5, 0.6) is 0 Å². The Labute approximate surface area is 158 Å². The Morgan fingerprint density at radius 3 is 3.00 bits per heavy atom. The molecule has 0 aromatic carbocycles. The van der Waals surface area contributed by atoms with Crippen molar-refractivity contribution in [1.29, 1.82) is 0 Å². The van der Waals surface area contributed by atoms with E-state index < -0.39 is 6.09 Å². The third-order valence-electron chi connectivity index (χ3n) is 5.30. The standard InChI is InChI=1S/C19H18N6O3/c26-18-22-15-7-6-14(13-10-20-24-9-2-1-5-16(13)24)21-17(15)25(18)12-4-3-8-23(11-12)19(27)28/h1-2,5-7,9-10,12H,3-4,8,11H2,(H,22,26)(H,27,28)/t12-/m0/s1. The van der Waals surface area contributed by atoms with Gasteiger partial charge in [-0.05, 0) is 37.1 Å². The molecule has 0 aliphatic carbocycles. The van der Waals surface area contributed by atoms with Gasteiger partial charge in [-0.15, -0.1) is 0 Å². The van der Waals surface area contributed by atoms with Gasteiger partial charge in [-0.25, -0.2) is 19.1 Å². The molecule has 0 spiro atoms. The Hall–Kier alpha value is -3.62. The van der Waals surface area contributed by atoms with Gasteiger partial charge in [-0.1, -0.05) is 6.07 Å². The van der Waals surface area contributed by atoms with E-state index in [1.807, 2.05) is 36.5 Å². The Kier molecular flexibility index (Phi) is 3.68. The van der Waals surface area contributed by atoms with E-state index in [2.05, 4.69) is 10.1 Å². The molecule has 142 valence electrons. The fourth-order valence-electron chi connectivity index (χ4n) is 3.96. The molecule has 5 rings (SSSR count). The lowest BCUT2D eigenvalue weighted by molar-refractivity contribution is 0.121. The maximum atomic E-state index is 12.6. The number of hydrogen-bond acceptors (Lipinski definition) is 4. The molecular weight excluding hydrogens is 360 g/mol. The summed E-state index contributed by atoms with van der Waals surface area (Å²) in [6, 6.07) is 9.26. The van der Waals surface area contributed by atoms with Crippen molar-refractivity contribution < 1.29 is 9.90 Å². The van der Waals surface area contributed by atoms with E-state index in [0.717, 1.165) is 17.5 Å². The minimum atomic E-state index is -0.961. The molecule has 1 aliphatic heterocycles. The van der Waals surface area contributed by atoms with Crippen molar-refractivity contribution in [3.05, 3.63) is 53.2 Å². The lowest BCUT2D eigenvalue weighted by atomic mass is 10.1. The van der Waals surface area contributed by atoms with Crippen molar-refractivity contribution in [2.24, 2.45) is 0 Å². The molecule has 2 N–H and O–H groups in total. The van der Waals surface area contributed by atoms with Crippen LogP contribution in [0.2, 0.25) is 0 Å². The molecule has 9 heteroatoms. The average Bonchev–Trinajstić information content (AvgIpc) is 3.27. The second kappa shape index (κ2) is 6.22. The number of carboxylic acid groups (broad SMARTS) is 1. The van der Waals surface area contributed by atoms with Crippen LogP contribution in [0.1, 0.15) is 18.9 Å². The summed E-state index contributed by atoms with van der Waals surface area (Å²) in [6.07, 6.45) is 4.11. The Bertz CT molecular complexity index is 1250. The third kappa shape index (κ3) is 2.55. The van der Waals surface area contributed by atoms with Crippen molar-refractivity contribution in [3.63, 3.8) is 0 Å². The predicted molar refractivity (Wildman–Crippen MR) is 102 cm³/mol. The molecule has 4 aromatic heterocycles. The first kappa shape index (κ1) is 16.5. The van der Waals surface area contributed by atoms with Crippen molar-refractivity contribution in [2.45, 2.75) is 18.9 Å². The van der Waals surface area contributed by atoms with Crippen LogP contribution in [0.4, 0.5) is 4.79 Å². The normalized spacial score (nSPS) is 17.4. The average molecular weight is 378 g/mol. The topological polar surface area (TPSA) is 109 Å². The first-order valence-electron chi connectivity index (χ1n) is 9.14. The molecule has 5 heterocycles. The van der Waals surface area contributed by atoms with Gasteiger partial charge >= 0.3 is 11.8 Å². The van der Waals surface area contributed by atoms with Crippen LogP contribution < -0.4 is 5.69 Å². The van der Waals surface area contributed by atoms with Crippen LogP contribution in [0, 0.1) is 0 Å². The lowest BCUT2D eigenvalue weighted by Gasteiger charge is -2.31. The number of rotatable bonds is 2. The fraction of sp³-hybridized carbons (Fsp3) is 0.263. The predicted octanol–water partition coefficient (Wildman–Crippen LogP) is 2.35. The van der Waals surface area contributed by atoms with Gasteiger partial charge in [0.2, 0.25) is 0 Å². The number of amides is 1. The number of pyridine rings is 2. The lowest BCUT2D eigenvalue weighted by Crippen LogP contribution is -2.41. The molecule has 0 saturated carbocycles. The molecule has 0 radical (unpaired) electrons. The van der Waals surface area contributed by atoms with Crippen LogP contribution in [0.3, 0.4) is 0 Å². The van der Waals surface area contributed by atoms with Crippen molar-refractivity contribution in [1.82, 2.24) is 29.0 Å². The molecule has 1 atom stereocenters. The molecular formula is C19H18N6O3. The van der Waals surface area contributed by atoms with Gasteiger partial charge in [-0.2, -0.15) is 5.10 Å². The molecule has 0 unspecified atom stereocenters. The van der Waals surface area contributed by atoms with Crippen molar-refractivity contribution in [2.75, 3.05) is 13.1 Å². The monoisotopic (exact) mass is 378 g/mol. The van der Waals surface area contributed by atoms with E-state index in [4.69, 9.17) is 4.98 Å². The maximum absolute atomic E-state index is 12.6. The van der Waals surface area contributed by atoms with Crippen LogP contribution in [0.15, 0.2) is 47.5 Å². The van der Waals surface area contributed by atoms with Crippen LogP contribution >= 0.6 is 0 Å². The number of fused-ring (bicyclic) bond motifs is 2. The molecule has 28 heavy (non-hydrogen) atoms. The summed E-state index contributed by atoms with van der Waals surface area (Å²) in [5.74, 6) is 0. The molecule has 0 bridgehead atoms. The van der Waals surface area contributed by atoms with Gasteiger partial charge in [0.15, 0.2) is 5.65 Å². The molecule has 1 fully saturated rings. The van der Waals surface area contributed by atoms with Gasteiger partial charge in [0, 0.05) is 24.8 Å². The second-order valence-corrected chi connectivity index (χ2v) is 6.98. The van der Waals surface area contributed by atoms with Crippen molar-refractivity contribution in [3.8, 4) is 11.3 Å². The number of imidazole rings is 1. The highest BCUT2D eigenvalue weighted by Crippen LogP contribution is 2.27. The summed E-state index contributed by atoms with van der Waals surface area (Å²) in [6.45, 7) is 0.773. The van der Waals surface area contributed by atoms with E-state index in [0.29, 0.717) is 29.8 Å². The van der Waals surface area contributed by atoms with Gasteiger partial charge in [0.1, 0.15) is 0 Å². The zero-order valence-electron chi connectivity index (χ0n) is 14.9. The first-order valence-corrected chi connectivity index (χ1v) is 9.14. The number of H-pyrrole nitrogens is 1. The molecule has 4 aromatic rings. The molecule has 9 nitrogen and oxygen atoms in total. The Morgan fingerprint density at radius 2 is 2.14 bits per heavy atom. The highest BCUT2D eigenvalue weighted by molar-refractivity contribution is 5.82. The summed E-state index contributed by atoms with van der Waals surface area (Å²) in [5.41, 5.74) is 3.42. The van der Waals surface area contributed by atoms with E-state index in [-0.39, 0.29) is 18.3 Å². The van der Waals surface area contributed by atoms with Gasteiger partial charge in [0.05, 0.1) is 29.0 Å². The van der Waals surface area contributed by atoms with Crippen molar-refractivity contribution >= 4 is 22.8 Å². The smallest absolute Gasteiger partial charge is 0.407 e. The van der Waals surface area contributed by atoms with Gasteiger partial charge in [0.25, 0.3) is 0 Å². The molecule has 1 saturated heterocycles. The summed E-state index contributed by atoms with van der Waals surface area (Å²) in [7, 11) is 0. The zero-order chi connectivity index (χ0) is 19.3. The maximum Gasteiger partial charge on any atom is 0.407 e. The fourth-order valence-corrected chi connectivity index (χ4v) is 3.96. The summed E-state index contributed by atoms with van der Waals surface area (Å²) in [5, 5.41) is 13.7. The number of piperidine rings is 1. The number of hydrogen-bond donors (Lipinski definition) is 2. The van der Waals surface area contributed by atoms with E-state index in [9.17, 15) is 14.7 Å². The second-order valence-electron chi connectivity index (χ2n) is 6.98. The number of nitrogens with one attached hydrogen (secondary N) is 1. The summed E-state index contributed by atoms with van der Waals surface area (Å²) >= 11 is 0. The van der Waals surface area contributed by atoms with E-state index >= 15 is 0 Å². The van der Waals surface area contributed by atoms with Crippen LogP contribution in [0.25, 0.3) is 27.9 Å². The quantitative estimate of drug-likeness (QED) is 0.557. The van der Waals surface area contributed by atoms with E-state index in [1.54, 1.807) is 15.3 Å². The van der Waals surface area contributed by atoms with Gasteiger partial charge < -0.3 is 15.0 Å². The molecule has 1 aliphatic rings. The Morgan fingerprint density at radius 1 is 1.25 bits per heavy atom. The number of nitrogens with zero attached hydrogens (tertiary/aromatic N) is 5.